The summed E-state index contributed by atoms with van der Waals surface area (Å²) in [5, 5.41) is 0.932. The van der Waals surface area contributed by atoms with Crippen molar-refractivity contribution in [1.29, 1.82) is 0 Å². The average molecular weight is 281 g/mol. The van der Waals surface area contributed by atoms with Gasteiger partial charge in [-0.3, -0.25) is 0 Å². The van der Waals surface area contributed by atoms with Crippen LogP contribution in [0.25, 0.3) is 16.9 Å². The molecule has 0 bridgehead atoms. The van der Waals surface area contributed by atoms with Crippen LogP contribution in [0.5, 0.6) is 0 Å². The maximum Gasteiger partial charge on any atom is 0.173 e. The monoisotopic (exact) mass is 280 g/mol. The Bertz CT molecular complexity index is 737. The Morgan fingerprint density at radius 2 is 1.94 bits per heavy atom. The highest BCUT2D eigenvalue weighted by Crippen LogP contribution is 2.28. The summed E-state index contributed by atoms with van der Waals surface area (Å²) in [6.45, 7) is 0. The molecule has 0 aliphatic carbocycles. The normalized spacial score (nSPS) is 11.1. The van der Waals surface area contributed by atoms with E-state index in [0.29, 0.717) is 21.4 Å². The number of hydrogen-bond acceptors (Lipinski definition) is 1. The topological polar surface area (TPSA) is 17.3 Å². The predicted octanol–water partition coefficient (Wildman–Crippen LogP) is 4.45. The molecule has 3 aromatic rings. The summed E-state index contributed by atoms with van der Waals surface area (Å²) in [7, 11) is 0. The van der Waals surface area contributed by atoms with Crippen molar-refractivity contribution in [2.75, 3.05) is 0 Å². The maximum atomic E-state index is 13.5. The smallest absolute Gasteiger partial charge is 0.173 e. The minimum atomic E-state index is -0.358. The molecule has 0 spiro atoms. The molecule has 0 amide bonds. The van der Waals surface area contributed by atoms with Crippen LogP contribution in [-0.2, 0) is 0 Å². The van der Waals surface area contributed by atoms with Gasteiger partial charge in [-0.25, -0.2) is 9.37 Å². The SMILES string of the molecule is Fc1cccn2cc(-c3ccc(Cl)c(Cl)c3)nc12. The zero-order valence-corrected chi connectivity index (χ0v) is 10.6. The Balaban J connectivity index is 2.19. The molecule has 3 rings (SSSR count). The van der Waals surface area contributed by atoms with E-state index in [0.717, 1.165) is 5.56 Å². The van der Waals surface area contributed by atoms with Crippen molar-refractivity contribution in [3.63, 3.8) is 0 Å². The van der Waals surface area contributed by atoms with Crippen LogP contribution >= 0.6 is 23.2 Å². The van der Waals surface area contributed by atoms with Gasteiger partial charge in [0.1, 0.15) is 0 Å². The molecule has 2 nitrogen and oxygen atoms in total. The van der Waals surface area contributed by atoms with Gasteiger partial charge in [0.2, 0.25) is 0 Å². The zero-order chi connectivity index (χ0) is 12.7. The van der Waals surface area contributed by atoms with Crippen LogP contribution in [-0.4, -0.2) is 9.38 Å². The summed E-state index contributed by atoms with van der Waals surface area (Å²) in [5.41, 5.74) is 1.74. The van der Waals surface area contributed by atoms with Gasteiger partial charge in [0.05, 0.1) is 15.7 Å². The third-order valence-electron chi connectivity index (χ3n) is 2.65. The van der Waals surface area contributed by atoms with Crippen molar-refractivity contribution < 1.29 is 4.39 Å². The van der Waals surface area contributed by atoms with Crippen molar-refractivity contribution in [2.24, 2.45) is 0 Å². The third kappa shape index (κ3) is 1.85. The Morgan fingerprint density at radius 1 is 1.11 bits per heavy atom. The van der Waals surface area contributed by atoms with Crippen molar-refractivity contribution in [3.05, 3.63) is 58.6 Å². The Kier molecular flexibility index (Phi) is 2.73. The van der Waals surface area contributed by atoms with E-state index in [9.17, 15) is 4.39 Å². The summed E-state index contributed by atoms with van der Waals surface area (Å²) in [5.74, 6) is -0.358. The molecular formula is C13H7Cl2FN2. The minimum absolute atomic E-state index is 0.290. The molecule has 0 saturated carbocycles. The molecule has 90 valence electrons. The molecule has 0 saturated heterocycles. The molecule has 0 atom stereocenters. The quantitative estimate of drug-likeness (QED) is 0.644. The van der Waals surface area contributed by atoms with Crippen LogP contribution in [0.2, 0.25) is 10.0 Å². The van der Waals surface area contributed by atoms with E-state index in [4.69, 9.17) is 23.2 Å². The number of pyridine rings is 1. The molecule has 0 aliphatic rings. The van der Waals surface area contributed by atoms with Crippen LogP contribution in [0, 0.1) is 5.82 Å². The van der Waals surface area contributed by atoms with Crippen molar-refractivity contribution in [3.8, 4) is 11.3 Å². The molecule has 1 aromatic carbocycles. The number of fused-ring (bicyclic) bond motifs is 1. The highest BCUT2D eigenvalue weighted by Gasteiger charge is 2.09. The number of aromatic nitrogens is 2. The van der Waals surface area contributed by atoms with Gasteiger partial charge < -0.3 is 4.40 Å². The summed E-state index contributed by atoms with van der Waals surface area (Å²) >= 11 is 11.8. The highest BCUT2D eigenvalue weighted by molar-refractivity contribution is 6.42. The Morgan fingerprint density at radius 3 is 2.67 bits per heavy atom. The van der Waals surface area contributed by atoms with E-state index < -0.39 is 0 Å². The van der Waals surface area contributed by atoms with E-state index in [1.54, 1.807) is 41.1 Å². The molecule has 0 unspecified atom stereocenters. The number of imidazole rings is 1. The molecule has 5 heteroatoms. The molecular weight excluding hydrogens is 274 g/mol. The highest BCUT2D eigenvalue weighted by atomic mass is 35.5. The standard InChI is InChI=1S/C13H7Cl2FN2/c14-9-4-3-8(6-10(9)15)12-7-18-5-1-2-11(16)13(18)17-12/h1-7H. The number of halogens is 3. The second-order valence-corrected chi connectivity index (χ2v) is 4.66. The van der Waals surface area contributed by atoms with Gasteiger partial charge in [-0.2, -0.15) is 0 Å². The number of benzene rings is 1. The van der Waals surface area contributed by atoms with Gasteiger partial charge in [-0.15, -0.1) is 0 Å². The lowest BCUT2D eigenvalue weighted by Gasteiger charge is -1.98. The molecule has 0 fully saturated rings. The van der Waals surface area contributed by atoms with E-state index in [-0.39, 0.29) is 5.82 Å². The van der Waals surface area contributed by atoms with E-state index in [1.165, 1.54) is 6.07 Å². The second-order valence-electron chi connectivity index (χ2n) is 3.84. The largest absolute Gasteiger partial charge is 0.304 e. The summed E-state index contributed by atoms with van der Waals surface area (Å²) in [6.07, 6.45) is 3.49. The first kappa shape index (κ1) is 11.5. The fourth-order valence-corrected chi connectivity index (χ4v) is 2.07. The number of hydrogen-bond donors (Lipinski definition) is 0. The van der Waals surface area contributed by atoms with Gasteiger partial charge in [0.25, 0.3) is 0 Å². The van der Waals surface area contributed by atoms with Gasteiger partial charge in [-0.05, 0) is 24.3 Å². The predicted molar refractivity (Wildman–Crippen MR) is 70.6 cm³/mol. The number of rotatable bonds is 1. The van der Waals surface area contributed by atoms with Crippen molar-refractivity contribution in [2.45, 2.75) is 0 Å². The minimum Gasteiger partial charge on any atom is -0.304 e. The average Bonchev–Trinajstić information content (AvgIpc) is 2.78. The number of nitrogens with zero attached hydrogens (tertiary/aromatic N) is 2. The van der Waals surface area contributed by atoms with Crippen LogP contribution in [0.4, 0.5) is 4.39 Å². The fourth-order valence-electron chi connectivity index (χ4n) is 1.77. The van der Waals surface area contributed by atoms with Crippen LogP contribution in [0.3, 0.4) is 0 Å². The lowest BCUT2D eigenvalue weighted by Crippen LogP contribution is -1.84. The summed E-state index contributed by atoms with van der Waals surface area (Å²) < 4.78 is 15.2. The first-order valence-electron chi connectivity index (χ1n) is 5.24. The van der Waals surface area contributed by atoms with Crippen LogP contribution in [0.1, 0.15) is 0 Å². The first-order valence-corrected chi connectivity index (χ1v) is 5.99. The molecule has 2 aromatic heterocycles. The molecule has 0 radical (unpaired) electrons. The van der Waals surface area contributed by atoms with Gasteiger partial charge in [0, 0.05) is 18.0 Å². The van der Waals surface area contributed by atoms with Crippen molar-refractivity contribution >= 4 is 28.8 Å². The molecule has 0 N–H and O–H groups in total. The van der Waals surface area contributed by atoms with E-state index in [1.807, 2.05) is 0 Å². The Labute approximate surface area is 113 Å². The van der Waals surface area contributed by atoms with Crippen molar-refractivity contribution in [1.82, 2.24) is 9.38 Å². The first-order chi connectivity index (χ1) is 8.65. The molecule has 18 heavy (non-hydrogen) atoms. The third-order valence-corrected chi connectivity index (χ3v) is 3.39. The molecule has 2 heterocycles. The maximum absolute atomic E-state index is 13.5. The van der Waals surface area contributed by atoms with E-state index >= 15 is 0 Å². The second kappa shape index (κ2) is 4.26. The van der Waals surface area contributed by atoms with Gasteiger partial charge in [-0.1, -0.05) is 29.3 Å². The van der Waals surface area contributed by atoms with Crippen LogP contribution in [0.15, 0.2) is 42.7 Å². The molecule has 0 aliphatic heterocycles. The lowest BCUT2D eigenvalue weighted by atomic mass is 10.2. The van der Waals surface area contributed by atoms with E-state index in [2.05, 4.69) is 4.98 Å². The summed E-state index contributed by atoms with van der Waals surface area (Å²) in [6, 6.07) is 8.21. The van der Waals surface area contributed by atoms with Gasteiger partial charge in [0.15, 0.2) is 11.5 Å². The van der Waals surface area contributed by atoms with Gasteiger partial charge >= 0.3 is 0 Å². The fraction of sp³-hybridized carbons (Fsp3) is 0. The zero-order valence-electron chi connectivity index (χ0n) is 9.07. The van der Waals surface area contributed by atoms with Crippen LogP contribution < -0.4 is 0 Å². The summed E-state index contributed by atoms with van der Waals surface area (Å²) in [4.78, 5) is 4.24. The lowest BCUT2D eigenvalue weighted by molar-refractivity contribution is 0.630. The Hall–Kier alpha value is -1.58.